The van der Waals surface area contributed by atoms with Crippen LogP contribution in [0.25, 0.3) is 11.3 Å². The van der Waals surface area contributed by atoms with Gasteiger partial charge in [0.25, 0.3) is 5.91 Å². The normalized spacial score (nSPS) is 19.3. The van der Waals surface area contributed by atoms with Crippen LogP contribution < -0.4 is 0 Å². The molecule has 2 fully saturated rings. The lowest BCUT2D eigenvalue weighted by molar-refractivity contribution is -0.132. The van der Waals surface area contributed by atoms with E-state index in [0.29, 0.717) is 48.4 Å². The second kappa shape index (κ2) is 10.5. The van der Waals surface area contributed by atoms with Gasteiger partial charge in [-0.05, 0) is 43.7 Å². The summed E-state index contributed by atoms with van der Waals surface area (Å²) >= 11 is 6.25. The van der Waals surface area contributed by atoms with Gasteiger partial charge in [-0.15, -0.1) is 0 Å². The van der Waals surface area contributed by atoms with Crippen molar-refractivity contribution in [3.63, 3.8) is 0 Å². The molecule has 2 saturated heterocycles. The number of piperidine rings is 1. The average Bonchev–Trinajstić information content (AvgIpc) is 3.49. The lowest BCUT2D eigenvalue weighted by atomic mass is 9.99. The molecule has 2 aliphatic heterocycles. The van der Waals surface area contributed by atoms with Crippen molar-refractivity contribution in [2.75, 3.05) is 32.8 Å². The molecule has 1 aromatic carbocycles. The molecule has 7 nitrogen and oxygen atoms in total. The minimum atomic E-state index is -0.261. The number of hydrogen-bond donors (Lipinski definition) is 0. The maximum Gasteiger partial charge on any atom is 0.276 e. The van der Waals surface area contributed by atoms with Gasteiger partial charge in [0.1, 0.15) is 0 Å². The Hall–Kier alpha value is -2.38. The van der Waals surface area contributed by atoms with Gasteiger partial charge in [-0.1, -0.05) is 35.8 Å². The van der Waals surface area contributed by atoms with Gasteiger partial charge >= 0.3 is 0 Å². The molecular weight excluding hydrogens is 430 g/mol. The van der Waals surface area contributed by atoms with Gasteiger partial charge in [-0.2, -0.15) is 0 Å². The molecule has 3 heterocycles. The molecule has 172 valence electrons. The van der Waals surface area contributed by atoms with E-state index in [0.717, 1.165) is 38.8 Å². The highest BCUT2D eigenvalue weighted by Crippen LogP contribution is 2.28. The van der Waals surface area contributed by atoms with E-state index in [-0.39, 0.29) is 23.6 Å². The zero-order chi connectivity index (χ0) is 22.5. The third-order valence-corrected chi connectivity index (χ3v) is 6.67. The van der Waals surface area contributed by atoms with Crippen molar-refractivity contribution >= 4 is 23.4 Å². The lowest BCUT2D eigenvalue weighted by Gasteiger charge is -2.31. The zero-order valence-corrected chi connectivity index (χ0v) is 19.2. The number of ether oxygens (including phenoxy) is 1. The van der Waals surface area contributed by atoms with Crippen molar-refractivity contribution in [3.05, 3.63) is 41.0 Å². The number of carbonyl (C=O) groups excluding carboxylic acids is 2. The zero-order valence-electron chi connectivity index (χ0n) is 18.5. The minimum absolute atomic E-state index is 0.0140. The van der Waals surface area contributed by atoms with Crippen LogP contribution in [0.15, 0.2) is 34.9 Å². The Morgan fingerprint density at radius 2 is 2.00 bits per heavy atom. The molecule has 0 saturated carbocycles. The van der Waals surface area contributed by atoms with Gasteiger partial charge in [0.2, 0.25) is 5.91 Å². The first kappa shape index (κ1) is 22.8. The highest BCUT2D eigenvalue weighted by Gasteiger charge is 2.28. The quantitative estimate of drug-likeness (QED) is 0.618. The van der Waals surface area contributed by atoms with Crippen LogP contribution in [0, 0.1) is 5.92 Å². The predicted molar refractivity (Wildman–Crippen MR) is 121 cm³/mol. The molecule has 4 rings (SSSR count). The Morgan fingerprint density at radius 1 is 1.22 bits per heavy atom. The van der Waals surface area contributed by atoms with Gasteiger partial charge in [-0.3, -0.25) is 9.59 Å². The Labute approximate surface area is 193 Å². The summed E-state index contributed by atoms with van der Waals surface area (Å²) < 4.78 is 11.2. The first-order chi connectivity index (χ1) is 15.5. The van der Waals surface area contributed by atoms with E-state index in [1.54, 1.807) is 17.0 Å². The van der Waals surface area contributed by atoms with E-state index < -0.39 is 0 Å². The Balaban J connectivity index is 1.44. The summed E-state index contributed by atoms with van der Waals surface area (Å²) in [7, 11) is 0. The van der Waals surface area contributed by atoms with E-state index in [1.807, 2.05) is 23.1 Å². The maximum absolute atomic E-state index is 13.3. The number of benzene rings is 1. The fourth-order valence-electron chi connectivity index (χ4n) is 4.28. The second-order valence-corrected chi connectivity index (χ2v) is 9.16. The predicted octanol–water partition coefficient (Wildman–Crippen LogP) is 4.26. The van der Waals surface area contributed by atoms with E-state index in [4.69, 9.17) is 20.9 Å². The van der Waals surface area contributed by atoms with Crippen molar-refractivity contribution in [3.8, 4) is 11.3 Å². The number of amides is 2. The van der Waals surface area contributed by atoms with Crippen molar-refractivity contribution in [2.24, 2.45) is 5.92 Å². The molecule has 2 aliphatic rings. The number of rotatable bonds is 7. The standard InChI is InChI=1S/C24H30ClN3O4/c1-17-8-11-27(12-9-17)23(29)10-13-28(16-18-5-4-14-31-18)24(30)21-15-22(32-26-21)19-6-2-3-7-20(19)25/h2-3,6-7,15,17-18H,4-5,8-14,16H2,1H3/t18-/m1/s1. The molecule has 0 aliphatic carbocycles. The van der Waals surface area contributed by atoms with E-state index in [2.05, 4.69) is 12.1 Å². The molecule has 1 atom stereocenters. The number of aromatic nitrogens is 1. The molecule has 0 unspecified atom stereocenters. The molecule has 0 spiro atoms. The maximum atomic E-state index is 13.3. The SMILES string of the molecule is CC1CCN(C(=O)CCN(C[C@H]2CCCO2)C(=O)c2cc(-c3ccccc3Cl)on2)CC1. The van der Waals surface area contributed by atoms with Gasteiger partial charge in [0.15, 0.2) is 11.5 Å². The summed E-state index contributed by atoms with van der Waals surface area (Å²) in [6, 6.07) is 8.87. The first-order valence-corrected chi connectivity index (χ1v) is 11.8. The number of halogens is 1. The van der Waals surface area contributed by atoms with Crippen LogP contribution in [-0.2, 0) is 9.53 Å². The lowest BCUT2D eigenvalue weighted by Crippen LogP contribution is -2.42. The summed E-state index contributed by atoms with van der Waals surface area (Å²) in [4.78, 5) is 29.6. The summed E-state index contributed by atoms with van der Waals surface area (Å²) in [5.41, 5.74) is 0.887. The van der Waals surface area contributed by atoms with E-state index in [1.165, 1.54) is 0 Å². The Morgan fingerprint density at radius 3 is 2.72 bits per heavy atom. The monoisotopic (exact) mass is 459 g/mol. The molecule has 8 heteroatoms. The Bertz CT molecular complexity index is 933. The fourth-order valence-corrected chi connectivity index (χ4v) is 4.51. The molecular formula is C24H30ClN3O4. The van der Waals surface area contributed by atoms with Gasteiger partial charge in [0.05, 0.1) is 11.1 Å². The first-order valence-electron chi connectivity index (χ1n) is 11.4. The van der Waals surface area contributed by atoms with E-state index >= 15 is 0 Å². The fraction of sp³-hybridized carbons (Fsp3) is 0.542. The highest BCUT2D eigenvalue weighted by molar-refractivity contribution is 6.33. The van der Waals surface area contributed by atoms with Crippen molar-refractivity contribution in [2.45, 2.75) is 45.1 Å². The number of nitrogens with zero attached hydrogens (tertiary/aromatic N) is 3. The smallest absolute Gasteiger partial charge is 0.276 e. The average molecular weight is 460 g/mol. The molecule has 2 amide bonds. The highest BCUT2D eigenvalue weighted by atomic mass is 35.5. The van der Waals surface area contributed by atoms with Crippen LogP contribution in [0.5, 0.6) is 0 Å². The van der Waals surface area contributed by atoms with Crippen LogP contribution in [0.1, 0.15) is 49.5 Å². The summed E-state index contributed by atoms with van der Waals surface area (Å²) in [5, 5.41) is 4.52. The third kappa shape index (κ3) is 5.51. The van der Waals surface area contributed by atoms with Crippen LogP contribution in [0.3, 0.4) is 0 Å². The van der Waals surface area contributed by atoms with Crippen molar-refractivity contribution in [1.29, 1.82) is 0 Å². The molecule has 2 aromatic rings. The van der Waals surface area contributed by atoms with E-state index in [9.17, 15) is 9.59 Å². The number of carbonyl (C=O) groups is 2. The molecule has 0 bridgehead atoms. The summed E-state index contributed by atoms with van der Waals surface area (Å²) in [6.07, 6.45) is 4.24. The summed E-state index contributed by atoms with van der Waals surface area (Å²) in [6.45, 7) is 5.29. The minimum Gasteiger partial charge on any atom is -0.376 e. The molecule has 0 radical (unpaired) electrons. The topological polar surface area (TPSA) is 75.9 Å². The van der Waals surface area contributed by atoms with Crippen LogP contribution in [0.4, 0.5) is 0 Å². The van der Waals surface area contributed by atoms with Crippen molar-refractivity contribution < 1.29 is 18.8 Å². The molecule has 32 heavy (non-hydrogen) atoms. The van der Waals surface area contributed by atoms with Gasteiger partial charge in [0, 0.05) is 50.8 Å². The largest absolute Gasteiger partial charge is 0.376 e. The second-order valence-electron chi connectivity index (χ2n) is 8.76. The van der Waals surface area contributed by atoms with Gasteiger partial charge in [-0.25, -0.2) is 0 Å². The van der Waals surface area contributed by atoms with Crippen LogP contribution in [0.2, 0.25) is 5.02 Å². The molecule has 0 N–H and O–H groups in total. The van der Waals surface area contributed by atoms with Crippen LogP contribution in [-0.4, -0.2) is 65.7 Å². The summed E-state index contributed by atoms with van der Waals surface area (Å²) in [5.74, 6) is 0.937. The molecule has 1 aromatic heterocycles. The Kier molecular flexibility index (Phi) is 7.48. The van der Waals surface area contributed by atoms with Crippen LogP contribution >= 0.6 is 11.6 Å². The van der Waals surface area contributed by atoms with Gasteiger partial charge < -0.3 is 19.1 Å². The third-order valence-electron chi connectivity index (χ3n) is 6.34. The number of hydrogen-bond acceptors (Lipinski definition) is 5. The van der Waals surface area contributed by atoms with Crippen molar-refractivity contribution in [1.82, 2.24) is 15.0 Å². The number of likely N-dealkylation sites (tertiary alicyclic amines) is 1.